The zero-order chi connectivity index (χ0) is 13.5. The van der Waals surface area contributed by atoms with Crippen molar-refractivity contribution in [3.8, 4) is 0 Å². The molecular formula is C12H22N4O3. The molecule has 0 spiro atoms. The summed E-state index contributed by atoms with van der Waals surface area (Å²) >= 11 is 0. The first kappa shape index (κ1) is 14.4. The van der Waals surface area contributed by atoms with E-state index in [-0.39, 0.29) is 6.04 Å². The van der Waals surface area contributed by atoms with Gasteiger partial charge in [0.25, 0.3) is 5.89 Å². The fraction of sp³-hybridized carbons (Fsp3) is 0.833. The lowest BCUT2D eigenvalue weighted by Gasteiger charge is -2.17. The van der Waals surface area contributed by atoms with E-state index >= 15 is 0 Å². The van der Waals surface area contributed by atoms with Gasteiger partial charge in [-0.05, 0) is 25.9 Å². The first-order valence-corrected chi connectivity index (χ1v) is 6.66. The number of nitrogens with two attached hydrogens (primary N) is 1. The molecule has 7 heteroatoms. The Kier molecular flexibility index (Phi) is 5.71. The van der Waals surface area contributed by atoms with Gasteiger partial charge in [-0.15, -0.1) is 0 Å². The Labute approximate surface area is 113 Å². The van der Waals surface area contributed by atoms with Crippen molar-refractivity contribution >= 4 is 0 Å². The Balaban J connectivity index is 1.75. The molecule has 1 aromatic rings. The number of hydrogen-bond acceptors (Lipinski definition) is 7. The Hall–Kier alpha value is -1.02. The number of likely N-dealkylation sites (tertiary alicyclic amines) is 1. The van der Waals surface area contributed by atoms with Crippen LogP contribution in [0.5, 0.6) is 0 Å². The summed E-state index contributed by atoms with van der Waals surface area (Å²) in [7, 11) is 1.63. The molecule has 0 amide bonds. The Morgan fingerprint density at radius 2 is 2.16 bits per heavy atom. The maximum Gasteiger partial charge on any atom is 0.252 e. The molecule has 1 aliphatic heterocycles. The van der Waals surface area contributed by atoms with Crippen molar-refractivity contribution in [2.24, 2.45) is 5.73 Å². The monoisotopic (exact) mass is 270 g/mol. The minimum absolute atomic E-state index is 0.199. The number of methoxy groups -OCH3 is 1. The molecule has 7 nitrogen and oxygen atoms in total. The van der Waals surface area contributed by atoms with Crippen molar-refractivity contribution < 1.29 is 14.0 Å². The standard InChI is InChI=1S/C12H22N4O3/c1-17-6-7-18-9-11-14-12(15-19-11)10(13)8-16-4-2-3-5-16/h10H,2-9,13H2,1H3. The third-order valence-corrected chi connectivity index (χ3v) is 3.13. The van der Waals surface area contributed by atoms with E-state index in [0.29, 0.717) is 31.5 Å². The van der Waals surface area contributed by atoms with Crippen LogP contribution in [0.15, 0.2) is 4.52 Å². The van der Waals surface area contributed by atoms with E-state index in [1.54, 1.807) is 7.11 Å². The average Bonchev–Trinajstić information content (AvgIpc) is 3.05. The first-order valence-electron chi connectivity index (χ1n) is 6.66. The SMILES string of the molecule is COCCOCc1nc(C(N)CN2CCCC2)no1. The lowest BCUT2D eigenvalue weighted by atomic mass is 10.3. The number of nitrogens with zero attached hydrogens (tertiary/aromatic N) is 3. The summed E-state index contributed by atoms with van der Waals surface area (Å²) in [6.45, 7) is 4.36. The van der Waals surface area contributed by atoms with Crippen molar-refractivity contribution in [1.29, 1.82) is 0 Å². The van der Waals surface area contributed by atoms with E-state index in [0.717, 1.165) is 19.6 Å². The summed E-state index contributed by atoms with van der Waals surface area (Å²) < 4.78 is 15.3. The fourth-order valence-corrected chi connectivity index (χ4v) is 2.10. The van der Waals surface area contributed by atoms with Gasteiger partial charge in [0.15, 0.2) is 5.82 Å². The summed E-state index contributed by atoms with van der Waals surface area (Å²) in [4.78, 5) is 6.58. The van der Waals surface area contributed by atoms with Gasteiger partial charge in [0, 0.05) is 13.7 Å². The summed E-state index contributed by atoms with van der Waals surface area (Å²) in [6.07, 6.45) is 2.50. The second kappa shape index (κ2) is 7.54. The van der Waals surface area contributed by atoms with E-state index in [2.05, 4.69) is 15.0 Å². The Morgan fingerprint density at radius 3 is 2.89 bits per heavy atom. The molecule has 0 aromatic carbocycles. The molecule has 2 N–H and O–H groups in total. The van der Waals surface area contributed by atoms with E-state index < -0.39 is 0 Å². The minimum Gasteiger partial charge on any atom is -0.382 e. The van der Waals surface area contributed by atoms with Gasteiger partial charge in [-0.1, -0.05) is 5.16 Å². The highest BCUT2D eigenvalue weighted by atomic mass is 16.5. The van der Waals surface area contributed by atoms with Gasteiger partial charge >= 0.3 is 0 Å². The zero-order valence-electron chi connectivity index (χ0n) is 11.4. The number of rotatable bonds is 8. The molecule has 2 heterocycles. The van der Waals surface area contributed by atoms with Crippen LogP contribution in [-0.2, 0) is 16.1 Å². The van der Waals surface area contributed by atoms with E-state index in [9.17, 15) is 0 Å². The number of hydrogen-bond donors (Lipinski definition) is 1. The molecule has 1 aromatic heterocycles. The maximum absolute atomic E-state index is 6.08. The van der Waals surface area contributed by atoms with Crippen molar-refractivity contribution in [2.75, 3.05) is 40.0 Å². The molecular weight excluding hydrogens is 248 g/mol. The van der Waals surface area contributed by atoms with E-state index in [1.807, 2.05) is 0 Å². The smallest absolute Gasteiger partial charge is 0.252 e. The average molecular weight is 270 g/mol. The van der Waals surface area contributed by atoms with Gasteiger partial charge < -0.3 is 24.6 Å². The summed E-state index contributed by atoms with van der Waals surface area (Å²) in [6, 6.07) is -0.199. The molecule has 0 saturated carbocycles. The van der Waals surface area contributed by atoms with Crippen LogP contribution in [-0.4, -0.2) is 55.0 Å². The highest BCUT2D eigenvalue weighted by Crippen LogP contribution is 2.13. The summed E-state index contributed by atoms with van der Waals surface area (Å²) in [5, 5.41) is 3.91. The Morgan fingerprint density at radius 1 is 1.37 bits per heavy atom. The zero-order valence-corrected chi connectivity index (χ0v) is 11.4. The predicted octanol–water partition coefficient (Wildman–Crippen LogP) is 0.328. The number of aromatic nitrogens is 2. The molecule has 2 rings (SSSR count). The number of ether oxygens (including phenoxy) is 2. The van der Waals surface area contributed by atoms with Gasteiger partial charge in [0.05, 0.1) is 19.3 Å². The van der Waals surface area contributed by atoms with Crippen LogP contribution < -0.4 is 5.73 Å². The van der Waals surface area contributed by atoms with Crippen molar-refractivity contribution in [3.05, 3.63) is 11.7 Å². The largest absolute Gasteiger partial charge is 0.382 e. The molecule has 1 unspecified atom stereocenters. The molecule has 1 aliphatic rings. The third kappa shape index (κ3) is 4.54. The van der Waals surface area contributed by atoms with Crippen LogP contribution in [0.2, 0.25) is 0 Å². The molecule has 19 heavy (non-hydrogen) atoms. The van der Waals surface area contributed by atoms with Crippen LogP contribution in [0, 0.1) is 0 Å². The fourth-order valence-electron chi connectivity index (χ4n) is 2.10. The molecule has 1 fully saturated rings. The predicted molar refractivity (Wildman–Crippen MR) is 68.4 cm³/mol. The highest BCUT2D eigenvalue weighted by molar-refractivity contribution is 4.94. The van der Waals surface area contributed by atoms with Gasteiger partial charge in [-0.3, -0.25) is 0 Å². The topological polar surface area (TPSA) is 86.6 Å². The van der Waals surface area contributed by atoms with Crippen LogP contribution >= 0.6 is 0 Å². The lowest BCUT2D eigenvalue weighted by molar-refractivity contribution is 0.0494. The first-order chi connectivity index (χ1) is 9.29. The quantitative estimate of drug-likeness (QED) is 0.681. The molecule has 1 atom stereocenters. The minimum atomic E-state index is -0.199. The van der Waals surface area contributed by atoms with Crippen LogP contribution in [0.4, 0.5) is 0 Å². The summed E-state index contributed by atoms with van der Waals surface area (Å²) in [5.74, 6) is 1.01. The van der Waals surface area contributed by atoms with Crippen LogP contribution in [0.25, 0.3) is 0 Å². The van der Waals surface area contributed by atoms with Crippen LogP contribution in [0.3, 0.4) is 0 Å². The van der Waals surface area contributed by atoms with E-state index in [1.165, 1.54) is 12.8 Å². The van der Waals surface area contributed by atoms with Gasteiger partial charge in [-0.25, -0.2) is 0 Å². The normalized spacial score (nSPS) is 18.0. The van der Waals surface area contributed by atoms with Gasteiger partial charge in [-0.2, -0.15) is 4.98 Å². The maximum atomic E-state index is 6.08. The Bertz CT molecular complexity index is 366. The van der Waals surface area contributed by atoms with Crippen molar-refractivity contribution in [1.82, 2.24) is 15.0 Å². The second-order valence-corrected chi connectivity index (χ2v) is 4.71. The van der Waals surface area contributed by atoms with Gasteiger partial charge in [0.2, 0.25) is 0 Å². The summed E-state index contributed by atoms with van der Waals surface area (Å²) in [5.41, 5.74) is 6.08. The van der Waals surface area contributed by atoms with Crippen molar-refractivity contribution in [3.63, 3.8) is 0 Å². The molecule has 1 saturated heterocycles. The second-order valence-electron chi connectivity index (χ2n) is 4.71. The molecule has 0 bridgehead atoms. The van der Waals surface area contributed by atoms with E-state index in [4.69, 9.17) is 19.7 Å². The van der Waals surface area contributed by atoms with Crippen LogP contribution in [0.1, 0.15) is 30.6 Å². The van der Waals surface area contributed by atoms with Gasteiger partial charge in [0.1, 0.15) is 6.61 Å². The lowest BCUT2D eigenvalue weighted by Crippen LogP contribution is -2.30. The molecule has 0 aliphatic carbocycles. The molecule has 0 radical (unpaired) electrons. The third-order valence-electron chi connectivity index (χ3n) is 3.13. The molecule has 108 valence electrons. The van der Waals surface area contributed by atoms with Crippen molar-refractivity contribution in [2.45, 2.75) is 25.5 Å². The highest BCUT2D eigenvalue weighted by Gasteiger charge is 2.19.